The van der Waals surface area contributed by atoms with Crippen molar-refractivity contribution >= 4 is 11.6 Å². The van der Waals surface area contributed by atoms with Gasteiger partial charge in [-0.15, -0.1) is 0 Å². The van der Waals surface area contributed by atoms with Crippen LogP contribution in [0.2, 0.25) is 0 Å². The molecule has 0 bridgehead atoms. The maximum atomic E-state index is 13.0. The molecule has 1 aliphatic heterocycles. The first-order chi connectivity index (χ1) is 14.7. The highest BCUT2D eigenvalue weighted by Crippen LogP contribution is 2.29. The maximum Gasteiger partial charge on any atom is 0.254 e. The van der Waals surface area contributed by atoms with Crippen LogP contribution in [0.5, 0.6) is 11.5 Å². The van der Waals surface area contributed by atoms with Crippen LogP contribution in [0.4, 0.5) is 0 Å². The molecule has 4 rings (SSSR count). The fourth-order valence-corrected chi connectivity index (χ4v) is 3.81. The Morgan fingerprint density at radius 1 is 1.00 bits per heavy atom. The summed E-state index contributed by atoms with van der Waals surface area (Å²) in [7, 11) is 0. The zero-order valence-electron chi connectivity index (χ0n) is 17.6. The van der Waals surface area contributed by atoms with Gasteiger partial charge in [-0.25, -0.2) is 4.98 Å². The first-order valence-electron chi connectivity index (χ1n) is 10.5. The van der Waals surface area contributed by atoms with E-state index in [0.717, 1.165) is 25.3 Å². The normalized spacial score (nSPS) is 14.8. The molecule has 2 aromatic heterocycles. The van der Waals surface area contributed by atoms with E-state index in [2.05, 4.69) is 14.3 Å². The van der Waals surface area contributed by atoms with Crippen molar-refractivity contribution in [3.63, 3.8) is 0 Å². The number of nitrogens with zero attached hydrogens (tertiary/aromatic N) is 4. The summed E-state index contributed by atoms with van der Waals surface area (Å²) >= 11 is 0. The molecule has 0 aliphatic carbocycles. The van der Waals surface area contributed by atoms with Gasteiger partial charge < -0.3 is 18.8 Å². The summed E-state index contributed by atoms with van der Waals surface area (Å²) in [6.07, 6.45) is 3.97. The van der Waals surface area contributed by atoms with E-state index in [-0.39, 0.29) is 5.91 Å². The Balaban J connectivity index is 1.39. The number of carbonyl (C=O) groups is 1. The first kappa shape index (κ1) is 20.2. The van der Waals surface area contributed by atoms with Crippen molar-refractivity contribution < 1.29 is 14.3 Å². The van der Waals surface area contributed by atoms with Gasteiger partial charge in [-0.1, -0.05) is 6.07 Å². The lowest BCUT2D eigenvalue weighted by atomic mass is 10.1. The van der Waals surface area contributed by atoms with Crippen LogP contribution in [0.25, 0.3) is 5.65 Å². The monoisotopic (exact) mass is 408 g/mol. The quantitative estimate of drug-likeness (QED) is 0.601. The zero-order valence-corrected chi connectivity index (χ0v) is 17.6. The standard InChI is InChI=1S/C23H28N4O3/c1-3-29-20-9-8-18(15-21(20)30-4-2)23(28)26-13-11-25(12-14-26)17-19-16-24-22-7-5-6-10-27(19)22/h5-10,15-16H,3-4,11-14,17H2,1-2H3. The summed E-state index contributed by atoms with van der Waals surface area (Å²) in [4.78, 5) is 21.8. The van der Waals surface area contributed by atoms with Gasteiger partial charge in [-0.05, 0) is 44.2 Å². The van der Waals surface area contributed by atoms with Gasteiger partial charge in [0, 0.05) is 44.5 Å². The Morgan fingerprint density at radius 3 is 2.53 bits per heavy atom. The number of hydrogen-bond donors (Lipinski definition) is 0. The van der Waals surface area contributed by atoms with Crippen LogP contribution >= 0.6 is 0 Å². The number of ether oxygens (including phenoxy) is 2. The summed E-state index contributed by atoms with van der Waals surface area (Å²) in [5.74, 6) is 1.33. The summed E-state index contributed by atoms with van der Waals surface area (Å²) in [5.41, 5.74) is 2.76. The Labute approximate surface area is 176 Å². The molecule has 0 unspecified atom stereocenters. The molecular weight excluding hydrogens is 380 g/mol. The number of benzene rings is 1. The number of aromatic nitrogens is 2. The van der Waals surface area contributed by atoms with E-state index in [1.165, 1.54) is 5.69 Å². The number of fused-ring (bicyclic) bond motifs is 1. The minimum atomic E-state index is 0.0356. The third-order valence-corrected chi connectivity index (χ3v) is 5.33. The second-order valence-corrected chi connectivity index (χ2v) is 7.27. The summed E-state index contributed by atoms with van der Waals surface area (Å²) in [6, 6.07) is 11.5. The van der Waals surface area contributed by atoms with E-state index < -0.39 is 0 Å². The fraction of sp³-hybridized carbons (Fsp3) is 0.391. The van der Waals surface area contributed by atoms with E-state index in [0.29, 0.717) is 43.4 Å². The average molecular weight is 409 g/mol. The Morgan fingerprint density at radius 2 is 1.77 bits per heavy atom. The largest absolute Gasteiger partial charge is 0.490 e. The van der Waals surface area contributed by atoms with Crippen LogP contribution in [0.3, 0.4) is 0 Å². The lowest BCUT2D eigenvalue weighted by molar-refractivity contribution is 0.0626. The van der Waals surface area contributed by atoms with Gasteiger partial charge in [0.05, 0.1) is 25.1 Å². The topological polar surface area (TPSA) is 59.3 Å². The molecule has 3 aromatic rings. The van der Waals surface area contributed by atoms with Crippen LogP contribution in [0.1, 0.15) is 29.9 Å². The lowest BCUT2D eigenvalue weighted by Gasteiger charge is -2.34. The van der Waals surface area contributed by atoms with Crippen LogP contribution in [0, 0.1) is 0 Å². The second kappa shape index (κ2) is 9.17. The van der Waals surface area contributed by atoms with Gasteiger partial charge in [0.2, 0.25) is 0 Å². The van der Waals surface area contributed by atoms with Gasteiger partial charge in [0.15, 0.2) is 11.5 Å². The van der Waals surface area contributed by atoms with Crippen molar-refractivity contribution in [3.05, 3.63) is 60.0 Å². The highest BCUT2D eigenvalue weighted by molar-refractivity contribution is 5.95. The molecule has 158 valence electrons. The molecule has 30 heavy (non-hydrogen) atoms. The fourth-order valence-electron chi connectivity index (χ4n) is 3.81. The van der Waals surface area contributed by atoms with Gasteiger partial charge in [-0.3, -0.25) is 9.69 Å². The summed E-state index contributed by atoms with van der Waals surface area (Å²) in [6.45, 7) is 8.84. The Bertz CT molecular complexity index is 1010. The van der Waals surface area contributed by atoms with Crippen molar-refractivity contribution in [2.45, 2.75) is 20.4 Å². The molecule has 0 spiro atoms. The van der Waals surface area contributed by atoms with Crippen molar-refractivity contribution in [2.24, 2.45) is 0 Å². The van der Waals surface area contributed by atoms with Crippen molar-refractivity contribution in [2.75, 3.05) is 39.4 Å². The number of amides is 1. The maximum absolute atomic E-state index is 13.0. The molecule has 0 radical (unpaired) electrons. The number of hydrogen-bond acceptors (Lipinski definition) is 5. The van der Waals surface area contributed by atoms with Crippen LogP contribution in [-0.2, 0) is 6.54 Å². The van der Waals surface area contributed by atoms with Crippen LogP contribution in [-0.4, -0.2) is 64.5 Å². The smallest absolute Gasteiger partial charge is 0.254 e. The molecule has 0 saturated carbocycles. The second-order valence-electron chi connectivity index (χ2n) is 7.27. The highest BCUT2D eigenvalue weighted by atomic mass is 16.5. The molecule has 0 N–H and O–H groups in total. The van der Waals surface area contributed by atoms with Crippen molar-refractivity contribution in [1.82, 2.24) is 19.2 Å². The first-order valence-corrected chi connectivity index (χ1v) is 10.5. The third kappa shape index (κ3) is 4.26. The number of pyridine rings is 1. The minimum absolute atomic E-state index is 0.0356. The summed E-state index contributed by atoms with van der Waals surface area (Å²) < 4.78 is 13.4. The van der Waals surface area contributed by atoms with E-state index >= 15 is 0 Å². The SMILES string of the molecule is CCOc1ccc(C(=O)N2CCN(Cc3cnc4ccccn34)CC2)cc1OCC. The van der Waals surface area contributed by atoms with E-state index in [9.17, 15) is 4.79 Å². The number of carbonyl (C=O) groups excluding carboxylic acids is 1. The molecule has 7 heteroatoms. The number of piperazine rings is 1. The van der Waals surface area contributed by atoms with Gasteiger partial charge in [0.25, 0.3) is 5.91 Å². The molecule has 7 nitrogen and oxygen atoms in total. The minimum Gasteiger partial charge on any atom is -0.490 e. The average Bonchev–Trinajstić information content (AvgIpc) is 3.18. The molecule has 1 fully saturated rings. The van der Waals surface area contributed by atoms with Gasteiger partial charge >= 0.3 is 0 Å². The zero-order chi connectivity index (χ0) is 20.9. The predicted octanol–water partition coefficient (Wildman–Crippen LogP) is 3.09. The van der Waals surface area contributed by atoms with Crippen molar-refractivity contribution in [3.8, 4) is 11.5 Å². The van der Waals surface area contributed by atoms with E-state index in [1.54, 1.807) is 6.07 Å². The molecule has 1 saturated heterocycles. The van der Waals surface area contributed by atoms with Gasteiger partial charge in [-0.2, -0.15) is 0 Å². The molecule has 1 aliphatic rings. The van der Waals surface area contributed by atoms with Crippen molar-refractivity contribution in [1.29, 1.82) is 0 Å². The molecule has 0 atom stereocenters. The molecule has 3 heterocycles. The van der Waals surface area contributed by atoms with Gasteiger partial charge in [0.1, 0.15) is 5.65 Å². The van der Waals surface area contributed by atoms with Crippen LogP contribution in [0.15, 0.2) is 48.8 Å². The highest BCUT2D eigenvalue weighted by Gasteiger charge is 2.23. The lowest BCUT2D eigenvalue weighted by Crippen LogP contribution is -2.48. The van der Waals surface area contributed by atoms with E-state index in [4.69, 9.17) is 9.47 Å². The number of rotatable bonds is 7. The van der Waals surface area contributed by atoms with E-state index in [1.807, 2.05) is 61.5 Å². The third-order valence-electron chi connectivity index (χ3n) is 5.33. The summed E-state index contributed by atoms with van der Waals surface area (Å²) in [5, 5.41) is 0. The molecule has 1 amide bonds. The number of imidazole rings is 1. The van der Waals surface area contributed by atoms with Crippen LogP contribution < -0.4 is 9.47 Å². The predicted molar refractivity (Wildman–Crippen MR) is 115 cm³/mol. The molecular formula is C23H28N4O3. The Hall–Kier alpha value is -3.06. The molecule has 1 aromatic carbocycles. The Kier molecular flexibility index (Phi) is 6.18.